The number of likely N-dealkylation sites (tertiary alicyclic amines) is 1. The fourth-order valence-corrected chi connectivity index (χ4v) is 1.75. The molecule has 1 fully saturated rings. The molecular formula is C11H21NO3. The lowest BCUT2D eigenvalue weighted by Crippen LogP contribution is -2.44. The van der Waals surface area contributed by atoms with E-state index in [9.17, 15) is 4.79 Å². The van der Waals surface area contributed by atoms with E-state index in [-0.39, 0.29) is 18.3 Å². The third-order valence-corrected chi connectivity index (χ3v) is 2.38. The van der Waals surface area contributed by atoms with E-state index >= 15 is 0 Å². The van der Waals surface area contributed by atoms with Crippen LogP contribution < -0.4 is 0 Å². The summed E-state index contributed by atoms with van der Waals surface area (Å²) in [5, 5.41) is 0. The summed E-state index contributed by atoms with van der Waals surface area (Å²) in [4.78, 5) is 13.3. The summed E-state index contributed by atoms with van der Waals surface area (Å²) >= 11 is 0. The lowest BCUT2D eigenvalue weighted by molar-refractivity contribution is -0.00155. The monoisotopic (exact) mass is 215 g/mol. The highest BCUT2D eigenvalue weighted by Gasteiger charge is 2.25. The number of hydrogen-bond acceptors (Lipinski definition) is 3. The highest BCUT2D eigenvalue weighted by molar-refractivity contribution is 5.67. The molecule has 0 aromatic rings. The molecule has 0 aliphatic carbocycles. The van der Waals surface area contributed by atoms with Gasteiger partial charge in [0.2, 0.25) is 0 Å². The van der Waals surface area contributed by atoms with Gasteiger partial charge in [-0.3, -0.25) is 0 Å². The number of hydrogen-bond donors (Lipinski definition) is 0. The van der Waals surface area contributed by atoms with Gasteiger partial charge < -0.3 is 14.4 Å². The average molecular weight is 215 g/mol. The molecule has 1 amide bonds. The first-order valence-electron chi connectivity index (χ1n) is 5.70. The van der Waals surface area contributed by atoms with Gasteiger partial charge in [-0.05, 0) is 33.6 Å². The van der Waals surface area contributed by atoms with E-state index in [0.29, 0.717) is 13.2 Å². The number of carbonyl (C=O) groups excluding carboxylic acids is 1. The first-order valence-corrected chi connectivity index (χ1v) is 5.70. The second kappa shape index (κ2) is 5.95. The second-order valence-corrected chi connectivity index (χ2v) is 4.10. The molecule has 1 rings (SSSR count). The average Bonchev–Trinajstić information content (AvgIpc) is 2.17. The number of amides is 1. The summed E-state index contributed by atoms with van der Waals surface area (Å²) in [6.45, 7) is 7.86. The molecule has 4 nitrogen and oxygen atoms in total. The Kier molecular flexibility index (Phi) is 4.88. The van der Waals surface area contributed by atoms with Gasteiger partial charge in [-0.25, -0.2) is 4.79 Å². The van der Waals surface area contributed by atoms with Crippen LogP contribution in [0.15, 0.2) is 0 Å². The van der Waals surface area contributed by atoms with Gasteiger partial charge in [0.1, 0.15) is 0 Å². The quantitative estimate of drug-likeness (QED) is 0.723. The Morgan fingerprint density at radius 2 is 2.27 bits per heavy atom. The summed E-state index contributed by atoms with van der Waals surface area (Å²) in [5.74, 6) is 0. The van der Waals surface area contributed by atoms with Crippen LogP contribution >= 0.6 is 0 Å². The van der Waals surface area contributed by atoms with E-state index in [1.54, 1.807) is 4.90 Å². The first-order chi connectivity index (χ1) is 7.13. The molecule has 4 heteroatoms. The summed E-state index contributed by atoms with van der Waals surface area (Å²) in [6.07, 6.45) is 1.96. The zero-order valence-electron chi connectivity index (χ0n) is 9.86. The van der Waals surface area contributed by atoms with Crippen LogP contribution in [0, 0.1) is 0 Å². The fraction of sp³-hybridized carbons (Fsp3) is 0.909. The molecule has 0 saturated carbocycles. The molecule has 1 unspecified atom stereocenters. The highest BCUT2D eigenvalue weighted by Crippen LogP contribution is 2.14. The SMILES string of the molecule is CCOC1CCCN(C(=O)OC(C)C)C1. The van der Waals surface area contributed by atoms with Crippen molar-refractivity contribution in [3.63, 3.8) is 0 Å². The Balaban J connectivity index is 2.38. The molecule has 0 bridgehead atoms. The molecular weight excluding hydrogens is 194 g/mol. The Bertz CT molecular complexity index is 204. The number of ether oxygens (including phenoxy) is 2. The molecule has 1 heterocycles. The maximum absolute atomic E-state index is 11.6. The third kappa shape index (κ3) is 4.08. The van der Waals surface area contributed by atoms with Crippen LogP contribution in [-0.2, 0) is 9.47 Å². The van der Waals surface area contributed by atoms with Crippen molar-refractivity contribution in [1.29, 1.82) is 0 Å². The van der Waals surface area contributed by atoms with Gasteiger partial charge in [0, 0.05) is 13.2 Å². The molecule has 0 spiro atoms. The van der Waals surface area contributed by atoms with Crippen LogP contribution in [0.25, 0.3) is 0 Å². The van der Waals surface area contributed by atoms with Crippen molar-refractivity contribution in [2.24, 2.45) is 0 Å². The number of rotatable bonds is 3. The molecule has 15 heavy (non-hydrogen) atoms. The third-order valence-electron chi connectivity index (χ3n) is 2.38. The van der Waals surface area contributed by atoms with E-state index in [1.807, 2.05) is 20.8 Å². The maximum Gasteiger partial charge on any atom is 0.410 e. The van der Waals surface area contributed by atoms with Crippen LogP contribution in [0.2, 0.25) is 0 Å². The largest absolute Gasteiger partial charge is 0.447 e. The van der Waals surface area contributed by atoms with Gasteiger partial charge in [0.25, 0.3) is 0 Å². The predicted octanol–water partition coefficient (Wildman–Crippen LogP) is 2.03. The van der Waals surface area contributed by atoms with Crippen molar-refractivity contribution < 1.29 is 14.3 Å². The van der Waals surface area contributed by atoms with Crippen LogP contribution in [0.5, 0.6) is 0 Å². The zero-order valence-corrected chi connectivity index (χ0v) is 9.86. The number of nitrogens with zero attached hydrogens (tertiary/aromatic N) is 1. The van der Waals surface area contributed by atoms with Crippen molar-refractivity contribution in [3.8, 4) is 0 Å². The summed E-state index contributed by atoms with van der Waals surface area (Å²) in [5.41, 5.74) is 0. The van der Waals surface area contributed by atoms with E-state index < -0.39 is 0 Å². The van der Waals surface area contributed by atoms with E-state index in [1.165, 1.54) is 0 Å². The van der Waals surface area contributed by atoms with Crippen molar-refractivity contribution >= 4 is 6.09 Å². The summed E-state index contributed by atoms with van der Waals surface area (Å²) in [6, 6.07) is 0. The lowest BCUT2D eigenvalue weighted by Gasteiger charge is -2.32. The number of piperidine rings is 1. The molecule has 1 aliphatic heterocycles. The standard InChI is InChI=1S/C11H21NO3/c1-4-14-10-6-5-7-12(8-10)11(13)15-9(2)3/h9-10H,4-8H2,1-3H3. The Hall–Kier alpha value is -0.770. The Labute approximate surface area is 91.5 Å². The molecule has 0 N–H and O–H groups in total. The van der Waals surface area contributed by atoms with Gasteiger partial charge in [-0.2, -0.15) is 0 Å². The second-order valence-electron chi connectivity index (χ2n) is 4.10. The van der Waals surface area contributed by atoms with Crippen molar-refractivity contribution in [2.45, 2.75) is 45.8 Å². The minimum atomic E-state index is -0.214. The Morgan fingerprint density at radius 3 is 2.87 bits per heavy atom. The maximum atomic E-state index is 11.6. The molecule has 0 aromatic carbocycles. The van der Waals surface area contributed by atoms with E-state index in [2.05, 4.69) is 0 Å². The molecule has 1 aliphatic rings. The van der Waals surface area contributed by atoms with Crippen LogP contribution in [0.1, 0.15) is 33.6 Å². The van der Waals surface area contributed by atoms with E-state index in [4.69, 9.17) is 9.47 Å². The number of carbonyl (C=O) groups is 1. The minimum absolute atomic E-state index is 0.0510. The zero-order chi connectivity index (χ0) is 11.3. The Morgan fingerprint density at radius 1 is 1.53 bits per heavy atom. The smallest absolute Gasteiger partial charge is 0.410 e. The molecule has 88 valence electrons. The normalized spacial score (nSPS) is 21.9. The summed E-state index contributed by atoms with van der Waals surface area (Å²) < 4.78 is 10.7. The minimum Gasteiger partial charge on any atom is -0.447 e. The molecule has 0 aromatic heterocycles. The van der Waals surface area contributed by atoms with Gasteiger partial charge in [-0.1, -0.05) is 0 Å². The van der Waals surface area contributed by atoms with Crippen molar-refractivity contribution in [2.75, 3.05) is 19.7 Å². The highest BCUT2D eigenvalue weighted by atomic mass is 16.6. The first kappa shape index (κ1) is 12.3. The van der Waals surface area contributed by atoms with Crippen molar-refractivity contribution in [1.82, 2.24) is 4.90 Å². The van der Waals surface area contributed by atoms with E-state index in [0.717, 1.165) is 19.4 Å². The lowest BCUT2D eigenvalue weighted by atomic mass is 10.1. The van der Waals surface area contributed by atoms with Gasteiger partial charge in [0.15, 0.2) is 0 Å². The van der Waals surface area contributed by atoms with Crippen LogP contribution in [0.4, 0.5) is 4.79 Å². The molecule has 1 saturated heterocycles. The summed E-state index contributed by atoms with van der Waals surface area (Å²) in [7, 11) is 0. The van der Waals surface area contributed by atoms with Gasteiger partial charge >= 0.3 is 6.09 Å². The molecule has 0 radical (unpaired) electrons. The molecule has 1 atom stereocenters. The predicted molar refractivity (Wildman–Crippen MR) is 57.8 cm³/mol. The van der Waals surface area contributed by atoms with Crippen LogP contribution in [-0.4, -0.2) is 42.9 Å². The van der Waals surface area contributed by atoms with Gasteiger partial charge in [-0.15, -0.1) is 0 Å². The fourth-order valence-electron chi connectivity index (χ4n) is 1.75. The van der Waals surface area contributed by atoms with Crippen LogP contribution in [0.3, 0.4) is 0 Å². The van der Waals surface area contributed by atoms with Crippen molar-refractivity contribution in [3.05, 3.63) is 0 Å². The topological polar surface area (TPSA) is 38.8 Å². The van der Waals surface area contributed by atoms with Gasteiger partial charge in [0.05, 0.1) is 18.8 Å².